The first-order valence-corrected chi connectivity index (χ1v) is 7.60. The molecule has 0 aliphatic rings. The number of benzene rings is 1. The van der Waals surface area contributed by atoms with E-state index in [2.05, 4.69) is 4.74 Å². The summed E-state index contributed by atoms with van der Waals surface area (Å²) in [5, 5.41) is 0. The molecule has 0 aliphatic heterocycles. The lowest BCUT2D eigenvalue weighted by molar-refractivity contribution is -0.144. The van der Waals surface area contributed by atoms with Gasteiger partial charge < -0.3 is 4.74 Å². The van der Waals surface area contributed by atoms with E-state index in [4.69, 9.17) is 0 Å². The van der Waals surface area contributed by atoms with E-state index in [-0.39, 0.29) is 11.3 Å². The van der Waals surface area contributed by atoms with Crippen molar-refractivity contribution in [2.24, 2.45) is 5.92 Å². The van der Waals surface area contributed by atoms with Gasteiger partial charge in [0.2, 0.25) is 0 Å². The molecule has 1 atom stereocenters. The fraction of sp³-hybridized carbons (Fsp3) is 0.462. The molecule has 1 unspecified atom stereocenters. The lowest BCUT2D eigenvalue weighted by Crippen LogP contribution is -2.23. The third-order valence-corrected chi connectivity index (χ3v) is 4.44. The minimum atomic E-state index is -3.57. The summed E-state index contributed by atoms with van der Waals surface area (Å²) >= 11 is 0. The number of hydrogen-bond donors (Lipinski definition) is 0. The van der Waals surface area contributed by atoms with Crippen molar-refractivity contribution in [2.45, 2.75) is 19.6 Å². The Morgan fingerprint density at radius 3 is 2.63 bits per heavy atom. The number of aryl methyl sites for hydroxylation is 1. The minimum absolute atomic E-state index is 0.122. The number of esters is 1. The second kappa shape index (κ2) is 6.14. The Bertz CT molecular complexity index is 566. The monoisotopic (exact) mass is 288 g/mol. The minimum Gasteiger partial charge on any atom is -0.469 e. The molecule has 6 heteroatoms. The van der Waals surface area contributed by atoms with Gasteiger partial charge in [-0.1, -0.05) is 24.6 Å². The number of methoxy groups -OCH3 is 1. The van der Waals surface area contributed by atoms with E-state index in [1.54, 1.807) is 13.0 Å². The number of carbonyl (C=O) groups excluding carboxylic acids is 1. The quantitative estimate of drug-likeness (QED) is 0.776. The Hall–Kier alpha value is -1.43. The maximum Gasteiger partial charge on any atom is 0.309 e. The van der Waals surface area contributed by atoms with Crippen LogP contribution in [-0.4, -0.2) is 27.2 Å². The first kappa shape index (κ1) is 15.6. The SMILES string of the molecule is COC(=O)C(C)CS(=O)(=O)Cc1cc(C)ccc1F. The van der Waals surface area contributed by atoms with E-state index in [1.807, 2.05) is 0 Å². The second-order valence-electron chi connectivity index (χ2n) is 4.57. The number of rotatable bonds is 5. The van der Waals surface area contributed by atoms with E-state index < -0.39 is 33.3 Å². The molecule has 1 rings (SSSR count). The molecule has 0 saturated heterocycles. The molecule has 0 aliphatic carbocycles. The third kappa shape index (κ3) is 4.63. The maximum absolute atomic E-state index is 13.5. The summed E-state index contributed by atoms with van der Waals surface area (Å²) in [6, 6.07) is 4.31. The predicted molar refractivity (Wildman–Crippen MR) is 69.8 cm³/mol. The van der Waals surface area contributed by atoms with Crippen LogP contribution in [0.5, 0.6) is 0 Å². The first-order chi connectivity index (χ1) is 8.75. The van der Waals surface area contributed by atoms with Crippen molar-refractivity contribution in [1.82, 2.24) is 0 Å². The smallest absolute Gasteiger partial charge is 0.309 e. The lowest BCUT2D eigenvalue weighted by Gasteiger charge is -2.10. The van der Waals surface area contributed by atoms with Gasteiger partial charge in [-0.3, -0.25) is 4.79 Å². The second-order valence-corrected chi connectivity index (χ2v) is 6.68. The van der Waals surface area contributed by atoms with Crippen LogP contribution in [0.4, 0.5) is 4.39 Å². The van der Waals surface area contributed by atoms with Gasteiger partial charge in [-0.2, -0.15) is 0 Å². The summed E-state index contributed by atoms with van der Waals surface area (Å²) < 4.78 is 41.8. The van der Waals surface area contributed by atoms with Gasteiger partial charge in [0.05, 0.1) is 24.5 Å². The molecule has 0 amide bonds. The molecule has 0 fully saturated rings. The summed E-state index contributed by atoms with van der Waals surface area (Å²) in [6.07, 6.45) is 0. The molecular weight excluding hydrogens is 271 g/mol. The highest BCUT2D eigenvalue weighted by Gasteiger charge is 2.23. The molecule has 0 heterocycles. The van der Waals surface area contributed by atoms with Gasteiger partial charge in [0.1, 0.15) is 5.82 Å². The van der Waals surface area contributed by atoms with E-state index in [0.717, 1.165) is 5.56 Å². The van der Waals surface area contributed by atoms with Crippen LogP contribution in [0.25, 0.3) is 0 Å². The van der Waals surface area contributed by atoms with Crippen molar-refractivity contribution < 1.29 is 22.3 Å². The Labute approximate surface area is 112 Å². The van der Waals surface area contributed by atoms with E-state index in [1.165, 1.54) is 26.2 Å². The molecule has 1 aromatic rings. The summed E-state index contributed by atoms with van der Waals surface area (Å²) in [4.78, 5) is 11.2. The van der Waals surface area contributed by atoms with Gasteiger partial charge in [0.15, 0.2) is 9.84 Å². The number of sulfone groups is 1. The van der Waals surface area contributed by atoms with Crippen LogP contribution >= 0.6 is 0 Å². The largest absolute Gasteiger partial charge is 0.469 e. The fourth-order valence-corrected chi connectivity index (χ4v) is 3.47. The molecule has 0 saturated carbocycles. The topological polar surface area (TPSA) is 60.4 Å². The van der Waals surface area contributed by atoms with Crippen LogP contribution in [0.15, 0.2) is 18.2 Å². The molecule has 0 N–H and O–H groups in total. The van der Waals surface area contributed by atoms with Crippen LogP contribution in [0, 0.1) is 18.7 Å². The zero-order chi connectivity index (χ0) is 14.6. The zero-order valence-corrected chi connectivity index (χ0v) is 12.0. The Morgan fingerprint density at radius 1 is 1.42 bits per heavy atom. The van der Waals surface area contributed by atoms with Crippen LogP contribution in [-0.2, 0) is 25.1 Å². The molecule has 4 nitrogen and oxygen atoms in total. The molecule has 19 heavy (non-hydrogen) atoms. The van der Waals surface area contributed by atoms with Crippen molar-refractivity contribution in [3.8, 4) is 0 Å². The van der Waals surface area contributed by atoms with E-state index in [0.29, 0.717) is 0 Å². The summed E-state index contributed by atoms with van der Waals surface area (Å²) in [6.45, 7) is 3.22. The molecule has 1 aromatic carbocycles. The highest BCUT2D eigenvalue weighted by molar-refractivity contribution is 7.90. The average Bonchev–Trinajstić information content (AvgIpc) is 2.31. The van der Waals surface area contributed by atoms with Gasteiger partial charge in [-0.25, -0.2) is 12.8 Å². The number of carbonyl (C=O) groups is 1. The Balaban J connectivity index is 2.85. The van der Waals surface area contributed by atoms with Gasteiger partial charge in [-0.05, 0) is 13.0 Å². The maximum atomic E-state index is 13.5. The number of halogens is 1. The number of ether oxygens (including phenoxy) is 1. The standard InChI is InChI=1S/C13H17FO4S/c1-9-4-5-12(14)11(6-9)8-19(16,17)7-10(2)13(15)18-3/h4-6,10H,7-8H2,1-3H3. The Kier molecular flexibility index (Phi) is 5.05. The molecule has 0 spiro atoms. The van der Waals surface area contributed by atoms with Crippen molar-refractivity contribution >= 4 is 15.8 Å². The van der Waals surface area contributed by atoms with Gasteiger partial charge in [-0.15, -0.1) is 0 Å². The predicted octanol–water partition coefficient (Wildman–Crippen LogP) is 1.86. The van der Waals surface area contributed by atoms with Crippen molar-refractivity contribution in [3.63, 3.8) is 0 Å². The summed E-state index contributed by atoms with van der Waals surface area (Å²) in [5.74, 6) is -2.68. The normalized spacial score (nSPS) is 13.1. The van der Waals surface area contributed by atoms with Crippen LogP contribution < -0.4 is 0 Å². The van der Waals surface area contributed by atoms with E-state index >= 15 is 0 Å². The highest BCUT2D eigenvalue weighted by Crippen LogP contribution is 2.15. The Morgan fingerprint density at radius 2 is 2.05 bits per heavy atom. The number of hydrogen-bond acceptors (Lipinski definition) is 4. The van der Waals surface area contributed by atoms with Crippen LogP contribution in [0.1, 0.15) is 18.1 Å². The van der Waals surface area contributed by atoms with Gasteiger partial charge in [0.25, 0.3) is 0 Å². The highest BCUT2D eigenvalue weighted by atomic mass is 32.2. The zero-order valence-electron chi connectivity index (χ0n) is 11.1. The molecule has 0 radical (unpaired) electrons. The molecule has 106 valence electrons. The molecule has 0 bridgehead atoms. The van der Waals surface area contributed by atoms with E-state index in [9.17, 15) is 17.6 Å². The van der Waals surface area contributed by atoms with Crippen LogP contribution in [0.2, 0.25) is 0 Å². The third-order valence-electron chi connectivity index (χ3n) is 2.68. The van der Waals surface area contributed by atoms with Gasteiger partial charge in [0, 0.05) is 5.56 Å². The van der Waals surface area contributed by atoms with Crippen molar-refractivity contribution in [1.29, 1.82) is 0 Å². The lowest BCUT2D eigenvalue weighted by atomic mass is 10.1. The fourth-order valence-electron chi connectivity index (χ4n) is 1.76. The first-order valence-electron chi connectivity index (χ1n) is 5.78. The average molecular weight is 288 g/mol. The summed E-state index contributed by atoms with van der Waals surface area (Å²) in [5.41, 5.74) is 0.907. The van der Waals surface area contributed by atoms with Crippen molar-refractivity contribution in [2.75, 3.05) is 12.9 Å². The molecule has 0 aromatic heterocycles. The van der Waals surface area contributed by atoms with Gasteiger partial charge >= 0.3 is 5.97 Å². The summed E-state index contributed by atoms with van der Waals surface area (Å²) in [7, 11) is -2.37. The molecular formula is C13H17FO4S. The van der Waals surface area contributed by atoms with Crippen molar-refractivity contribution in [3.05, 3.63) is 35.1 Å². The van der Waals surface area contributed by atoms with Crippen LogP contribution in [0.3, 0.4) is 0 Å².